The normalized spacial score (nSPS) is 17.1. The van der Waals surface area contributed by atoms with E-state index in [1.165, 1.54) is 0 Å². The van der Waals surface area contributed by atoms with Crippen LogP contribution in [0.1, 0.15) is 20.3 Å². The maximum atomic E-state index is 11.2. The SMILES string of the molecule is CC(C)COCCCN1CNCC1=O. The fourth-order valence-corrected chi connectivity index (χ4v) is 1.38. The standard InChI is InChI=1S/C10H20N2O2/c1-9(2)7-14-5-3-4-12-8-11-6-10(12)13/h9,11H,3-8H2,1-2H3. The molecular formula is C10H20N2O2. The van der Waals surface area contributed by atoms with E-state index in [1.807, 2.05) is 4.90 Å². The molecule has 0 atom stereocenters. The predicted molar refractivity (Wildman–Crippen MR) is 54.9 cm³/mol. The Balaban J connectivity index is 1.96. The Morgan fingerprint density at radius 1 is 1.57 bits per heavy atom. The highest BCUT2D eigenvalue weighted by molar-refractivity contribution is 5.79. The van der Waals surface area contributed by atoms with Crippen molar-refractivity contribution in [3.63, 3.8) is 0 Å². The third-order valence-electron chi connectivity index (χ3n) is 2.10. The third-order valence-corrected chi connectivity index (χ3v) is 2.10. The van der Waals surface area contributed by atoms with Crippen LogP contribution in [0.2, 0.25) is 0 Å². The van der Waals surface area contributed by atoms with Gasteiger partial charge in [-0.2, -0.15) is 0 Å². The lowest BCUT2D eigenvalue weighted by molar-refractivity contribution is -0.126. The van der Waals surface area contributed by atoms with Crippen LogP contribution in [0.15, 0.2) is 0 Å². The summed E-state index contributed by atoms with van der Waals surface area (Å²) in [5.74, 6) is 0.791. The first kappa shape index (κ1) is 11.5. The van der Waals surface area contributed by atoms with Crippen LogP contribution in [0, 0.1) is 5.92 Å². The number of hydrogen-bond donors (Lipinski definition) is 1. The molecule has 82 valence electrons. The van der Waals surface area contributed by atoms with Gasteiger partial charge in [-0.1, -0.05) is 13.8 Å². The van der Waals surface area contributed by atoms with Gasteiger partial charge in [0.1, 0.15) is 0 Å². The van der Waals surface area contributed by atoms with E-state index in [4.69, 9.17) is 4.74 Å². The summed E-state index contributed by atoms with van der Waals surface area (Å²) in [6.07, 6.45) is 0.931. The quantitative estimate of drug-likeness (QED) is 0.632. The third kappa shape index (κ3) is 4.07. The highest BCUT2D eigenvalue weighted by Gasteiger charge is 2.18. The lowest BCUT2D eigenvalue weighted by Gasteiger charge is -2.14. The van der Waals surface area contributed by atoms with Crippen LogP contribution >= 0.6 is 0 Å². The van der Waals surface area contributed by atoms with Crippen LogP contribution in [-0.2, 0) is 9.53 Å². The van der Waals surface area contributed by atoms with Crippen LogP contribution in [0.25, 0.3) is 0 Å². The molecule has 0 aromatic heterocycles. The summed E-state index contributed by atoms with van der Waals surface area (Å²) < 4.78 is 5.43. The van der Waals surface area contributed by atoms with Crippen LogP contribution in [0.5, 0.6) is 0 Å². The molecule has 14 heavy (non-hydrogen) atoms. The first-order chi connectivity index (χ1) is 6.70. The molecule has 0 spiro atoms. The minimum Gasteiger partial charge on any atom is -0.381 e. The van der Waals surface area contributed by atoms with E-state index < -0.39 is 0 Å². The second-order valence-electron chi connectivity index (χ2n) is 4.06. The lowest BCUT2D eigenvalue weighted by atomic mass is 10.2. The van der Waals surface area contributed by atoms with Gasteiger partial charge >= 0.3 is 0 Å². The largest absolute Gasteiger partial charge is 0.381 e. The maximum absolute atomic E-state index is 11.2. The first-order valence-electron chi connectivity index (χ1n) is 5.26. The van der Waals surface area contributed by atoms with E-state index in [0.29, 0.717) is 19.1 Å². The highest BCUT2D eigenvalue weighted by atomic mass is 16.5. The molecule has 0 aromatic rings. The second-order valence-corrected chi connectivity index (χ2v) is 4.06. The van der Waals surface area contributed by atoms with Crippen LogP contribution in [-0.4, -0.2) is 43.8 Å². The van der Waals surface area contributed by atoms with Crippen molar-refractivity contribution in [1.82, 2.24) is 10.2 Å². The van der Waals surface area contributed by atoms with E-state index in [0.717, 1.165) is 26.2 Å². The number of hydrogen-bond acceptors (Lipinski definition) is 3. The van der Waals surface area contributed by atoms with Crippen LogP contribution in [0.4, 0.5) is 0 Å². The molecule has 1 amide bonds. The highest BCUT2D eigenvalue weighted by Crippen LogP contribution is 1.98. The number of rotatable bonds is 6. The van der Waals surface area contributed by atoms with E-state index in [-0.39, 0.29) is 5.91 Å². The Morgan fingerprint density at radius 3 is 2.93 bits per heavy atom. The Bertz CT molecular complexity index is 183. The zero-order valence-electron chi connectivity index (χ0n) is 9.08. The molecule has 1 heterocycles. The van der Waals surface area contributed by atoms with Gasteiger partial charge in [0.2, 0.25) is 5.91 Å². The van der Waals surface area contributed by atoms with Gasteiger partial charge < -0.3 is 9.64 Å². The molecule has 0 aliphatic carbocycles. The predicted octanol–water partition coefficient (Wildman–Crippen LogP) is 0.438. The molecular weight excluding hydrogens is 180 g/mol. The number of nitrogens with zero attached hydrogens (tertiary/aromatic N) is 1. The molecule has 0 aromatic carbocycles. The summed E-state index contributed by atoms with van der Waals surface area (Å²) in [7, 11) is 0. The zero-order chi connectivity index (χ0) is 10.4. The Morgan fingerprint density at radius 2 is 2.36 bits per heavy atom. The van der Waals surface area contributed by atoms with E-state index in [2.05, 4.69) is 19.2 Å². The topological polar surface area (TPSA) is 41.6 Å². The molecule has 0 radical (unpaired) electrons. The molecule has 1 aliphatic heterocycles. The minimum atomic E-state index is 0.203. The van der Waals surface area contributed by atoms with Gasteiger partial charge in [-0.05, 0) is 12.3 Å². The first-order valence-corrected chi connectivity index (χ1v) is 5.26. The fourth-order valence-electron chi connectivity index (χ4n) is 1.38. The van der Waals surface area contributed by atoms with Gasteiger partial charge in [0.05, 0.1) is 13.2 Å². The van der Waals surface area contributed by atoms with Crippen molar-refractivity contribution in [3.05, 3.63) is 0 Å². The molecule has 1 N–H and O–H groups in total. The summed E-state index contributed by atoms with van der Waals surface area (Å²) in [4.78, 5) is 13.0. The molecule has 4 heteroatoms. The van der Waals surface area contributed by atoms with E-state index in [9.17, 15) is 4.79 Å². The number of nitrogens with one attached hydrogen (secondary N) is 1. The summed E-state index contributed by atoms with van der Waals surface area (Å²) in [6.45, 7) is 7.83. The molecule has 0 saturated carbocycles. The molecule has 1 fully saturated rings. The van der Waals surface area contributed by atoms with E-state index in [1.54, 1.807) is 0 Å². The molecule has 1 saturated heterocycles. The summed E-state index contributed by atoms with van der Waals surface area (Å²) in [5, 5.41) is 3.02. The zero-order valence-corrected chi connectivity index (χ0v) is 9.08. The average molecular weight is 200 g/mol. The molecule has 1 rings (SSSR count). The van der Waals surface area contributed by atoms with Crippen molar-refractivity contribution >= 4 is 5.91 Å². The summed E-state index contributed by atoms with van der Waals surface area (Å²) in [5.41, 5.74) is 0. The smallest absolute Gasteiger partial charge is 0.237 e. The van der Waals surface area contributed by atoms with Gasteiger partial charge in [0.25, 0.3) is 0 Å². The van der Waals surface area contributed by atoms with E-state index >= 15 is 0 Å². The van der Waals surface area contributed by atoms with Gasteiger partial charge in [0.15, 0.2) is 0 Å². The Hall–Kier alpha value is -0.610. The van der Waals surface area contributed by atoms with Gasteiger partial charge in [0, 0.05) is 19.8 Å². The Labute approximate surface area is 85.6 Å². The molecule has 0 bridgehead atoms. The van der Waals surface area contributed by atoms with Crippen molar-refractivity contribution in [2.24, 2.45) is 5.92 Å². The van der Waals surface area contributed by atoms with Crippen molar-refractivity contribution in [3.8, 4) is 0 Å². The van der Waals surface area contributed by atoms with Gasteiger partial charge in [-0.15, -0.1) is 0 Å². The van der Waals surface area contributed by atoms with Crippen LogP contribution in [0.3, 0.4) is 0 Å². The van der Waals surface area contributed by atoms with Crippen LogP contribution < -0.4 is 5.32 Å². The fraction of sp³-hybridized carbons (Fsp3) is 0.900. The maximum Gasteiger partial charge on any atom is 0.237 e. The average Bonchev–Trinajstić information content (AvgIpc) is 2.51. The second kappa shape index (κ2) is 5.98. The minimum absolute atomic E-state index is 0.203. The van der Waals surface area contributed by atoms with Crippen molar-refractivity contribution in [2.75, 3.05) is 33.0 Å². The van der Waals surface area contributed by atoms with Gasteiger partial charge in [-0.25, -0.2) is 0 Å². The summed E-state index contributed by atoms with van der Waals surface area (Å²) in [6, 6.07) is 0. The summed E-state index contributed by atoms with van der Waals surface area (Å²) >= 11 is 0. The molecule has 4 nitrogen and oxygen atoms in total. The van der Waals surface area contributed by atoms with Gasteiger partial charge in [-0.3, -0.25) is 10.1 Å². The van der Waals surface area contributed by atoms with Crippen molar-refractivity contribution in [1.29, 1.82) is 0 Å². The number of amides is 1. The number of ether oxygens (including phenoxy) is 1. The van der Waals surface area contributed by atoms with Crippen molar-refractivity contribution < 1.29 is 9.53 Å². The lowest BCUT2D eigenvalue weighted by Crippen LogP contribution is -2.28. The Kier molecular flexibility index (Phi) is 4.90. The molecule has 1 aliphatic rings. The van der Waals surface area contributed by atoms with Crippen molar-refractivity contribution in [2.45, 2.75) is 20.3 Å². The molecule has 0 unspecified atom stereocenters. The number of carbonyl (C=O) groups is 1. The monoisotopic (exact) mass is 200 g/mol. The number of carbonyl (C=O) groups excluding carboxylic acids is 1.